The fourth-order valence-electron chi connectivity index (χ4n) is 2.72. The number of rotatable bonds is 8. The molecule has 1 aromatic heterocycles. The van der Waals surface area contributed by atoms with Gasteiger partial charge in [-0.15, -0.1) is 10.2 Å². The molecule has 3 rings (SSSR count). The van der Waals surface area contributed by atoms with E-state index >= 15 is 0 Å². The highest BCUT2D eigenvalue weighted by molar-refractivity contribution is 7.99. The van der Waals surface area contributed by atoms with Crippen molar-refractivity contribution in [2.24, 2.45) is 0 Å². The molecule has 0 spiro atoms. The van der Waals surface area contributed by atoms with Gasteiger partial charge in [0.15, 0.2) is 5.16 Å². The molecule has 0 radical (unpaired) electrons. The Kier molecular flexibility index (Phi) is 6.08. The van der Waals surface area contributed by atoms with Gasteiger partial charge in [-0.05, 0) is 43.7 Å². The smallest absolute Gasteiger partial charge is 0.220 e. The molecule has 0 aliphatic heterocycles. The zero-order valence-corrected chi connectivity index (χ0v) is 15.9. The summed E-state index contributed by atoms with van der Waals surface area (Å²) in [6.45, 7) is 4.21. The van der Waals surface area contributed by atoms with E-state index in [2.05, 4.69) is 10.2 Å². The average molecular weight is 384 g/mol. The van der Waals surface area contributed by atoms with Gasteiger partial charge in [0.05, 0.1) is 6.61 Å². The Labute approximate surface area is 161 Å². The lowest BCUT2D eigenvalue weighted by Crippen LogP contribution is -2.11. The van der Waals surface area contributed by atoms with Crippen LogP contribution >= 0.6 is 11.8 Å². The van der Waals surface area contributed by atoms with Crippen LogP contribution in [0.4, 0.5) is 0 Å². The van der Waals surface area contributed by atoms with Crippen molar-refractivity contribution < 1.29 is 9.66 Å². The summed E-state index contributed by atoms with van der Waals surface area (Å²) in [5.41, 5.74) is 1.77. The molecule has 7 nitrogen and oxygen atoms in total. The zero-order chi connectivity index (χ0) is 19.2. The minimum atomic E-state index is -0.355. The number of thioether (sulfide) groups is 1. The molecule has 8 heteroatoms. The molecule has 3 aromatic rings. The molecule has 0 saturated heterocycles. The third-order valence-corrected chi connectivity index (χ3v) is 5.12. The Morgan fingerprint density at radius 1 is 1.15 bits per heavy atom. The third-order valence-electron chi connectivity index (χ3n) is 3.94. The van der Waals surface area contributed by atoms with E-state index in [0.717, 1.165) is 22.8 Å². The number of nitro groups is 1. The summed E-state index contributed by atoms with van der Waals surface area (Å²) in [6.07, 6.45) is 0. The van der Waals surface area contributed by atoms with Crippen molar-refractivity contribution in [2.45, 2.75) is 24.3 Å². The van der Waals surface area contributed by atoms with Crippen LogP contribution in [0.5, 0.6) is 5.75 Å². The molecule has 1 atom stereocenters. The Hall–Kier alpha value is -2.87. The minimum Gasteiger partial charge on any atom is -0.494 e. The van der Waals surface area contributed by atoms with Crippen molar-refractivity contribution in [1.29, 1.82) is 0 Å². The largest absolute Gasteiger partial charge is 0.494 e. The predicted octanol–water partition coefficient (Wildman–Crippen LogP) is 4.08. The molecule has 0 unspecified atom stereocenters. The van der Waals surface area contributed by atoms with Crippen molar-refractivity contribution in [2.75, 3.05) is 13.2 Å². The van der Waals surface area contributed by atoms with Crippen molar-refractivity contribution in [3.8, 4) is 11.4 Å². The molecule has 0 aliphatic rings. The normalized spacial score (nSPS) is 11.9. The lowest BCUT2D eigenvalue weighted by molar-refractivity contribution is -0.479. The SMILES string of the molecule is CCOc1ccc(-n2c(C)nnc2S[C@@H](C[N+](=O)[O-])c2ccccc2)cc1. The fourth-order valence-corrected chi connectivity index (χ4v) is 3.89. The van der Waals surface area contributed by atoms with E-state index < -0.39 is 0 Å². The summed E-state index contributed by atoms with van der Waals surface area (Å²) in [7, 11) is 0. The first kappa shape index (κ1) is 18.9. The van der Waals surface area contributed by atoms with E-state index in [-0.39, 0.29) is 16.7 Å². The summed E-state index contributed by atoms with van der Waals surface area (Å²) in [4.78, 5) is 10.9. The van der Waals surface area contributed by atoms with E-state index in [4.69, 9.17) is 4.74 Å². The molecule has 2 aromatic carbocycles. The van der Waals surface area contributed by atoms with Gasteiger partial charge in [0.25, 0.3) is 0 Å². The maximum atomic E-state index is 11.2. The molecule has 27 heavy (non-hydrogen) atoms. The van der Waals surface area contributed by atoms with E-state index in [0.29, 0.717) is 11.8 Å². The van der Waals surface area contributed by atoms with Gasteiger partial charge in [0, 0.05) is 10.6 Å². The number of ether oxygens (including phenoxy) is 1. The van der Waals surface area contributed by atoms with Crippen LogP contribution in [0.25, 0.3) is 5.69 Å². The summed E-state index contributed by atoms with van der Waals surface area (Å²) in [5.74, 6) is 1.51. The number of benzene rings is 2. The number of aromatic nitrogens is 3. The standard InChI is InChI=1S/C19H20N4O3S/c1-3-26-17-11-9-16(10-12-17)23-14(2)20-21-19(23)27-18(13-22(24)25)15-7-5-4-6-8-15/h4-12,18H,3,13H2,1-2H3/t18-/m0/s1. The van der Waals surface area contributed by atoms with Gasteiger partial charge in [-0.1, -0.05) is 42.1 Å². The van der Waals surface area contributed by atoms with Gasteiger partial charge < -0.3 is 4.74 Å². The Balaban J connectivity index is 1.91. The third kappa shape index (κ3) is 4.65. The Bertz CT molecular complexity index is 897. The highest BCUT2D eigenvalue weighted by Crippen LogP contribution is 2.36. The zero-order valence-electron chi connectivity index (χ0n) is 15.1. The molecular weight excluding hydrogens is 364 g/mol. The van der Waals surface area contributed by atoms with Crippen LogP contribution in [0, 0.1) is 17.0 Å². The van der Waals surface area contributed by atoms with Crippen LogP contribution in [0.3, 0.4) is 0 Å². The lowest BCUT2D eigenvalue weighted by Gasteiger charge is -2.14. The Morgan fingerprint density at radius 2 is 1.85 bits per heavy atom. The molecule has 0 bridgehead atoms. The van der Waals surface area contributed by atoms with Crippen LogP contribution in [-0.4, -0.2) is 32.8 Å². The van der Waals surface area contributed by atoms with Gasteiger partial charge >= 0.3 is 0 Å². The maximum Gasteiger partial charge on any atom is 0.220 e. The van der Waals surface area contributed by atoms with Crippen molar-refractivity contribution in [3.05, 3.63) is 76.1 Å². The summed E-state index contributed by atoms with van der Waals surface area (Å²) >= 11 is 1.34. The highest BCUT2D eigenvalue weighted by Gasteiger charge is 2.23. The first-order valence-corrected chi connectivity index (χ1v) is 9.45. The molecule has 0 saturated carbocycles. The maximum absolute atomic E-state index is 11.2. The monoisotopic (exact) mass is 384 g/mol. The van der Waals surface area contributed by atoms with E-state index in [1.807, 2.05) is 73.0 Å². The molecular formula is C19H20N4O3S. The average Bonchev–Trinajstić information content (AvgIpc) is 3.03. The van der Waals surface area contributed by atoms with E-state index in [1.165, 1.54) is 11.8 Å². The summed E-state index contributed by atoms with van der Waals surface area (Å²) in [5, 5.41) is 19.8. The van der Waals surface area contributed by atoms with Gasteiger partial charge in [0.1, 0.15) is 16.8 Å². The second-order valence-electron chi connectivity index (χ2n) is 5.82. The van der Waals surface area contributed by atoms with Crippen molar-refractivity contribution in [1.82, 2.24) is 14.8 Å². The van der Waals surface area contributed by atoms with Crippen LogP contribution in [0.1, 0.15) is 23.6 Å². The predicted molar refractivity (Wildman–Crippen MR) is 104 cm³/mol. The number of hydrogen-bond acceptors (Lipinski definition) is 6. The van der Waals surface area contributed by atoms with Gasteiger partial charge in [0.2, 0.25) is 6.54 Å². The second-order valence-corrected chi connectivity index (χ2v) is 6.99. The first-order valence-electron chi connectivity index (χ1n) is 8.57. The van der Waals surface area contributed by atoms with Gasteiger partial charge in [-0.3, -0.25) is 14.7 Å². The lowest BCUT2D eigenvalue weighted by atomic mass is 10.1. The number of hydrogen-bond donors (Lipinski definition) is 0. The van der Waals surface area contributed by atoms with Gasteiger partial charge in [-0.25, -0.2) is 0 Å². The topological polar surface area (TPSA) is 83.1 Å². The quantitative estimate of drug-likeness (QED) is 0.330. The van der Waals surface area contributed by atoms with Crippen molar-refractivity contribution >= 4 is 11.8 Å². The summed E-state index contributed by atoms with van der Waals surface area (Å²) < 4.78 is 7.38. The van der Waals surface area contributed by atoms with Crippen LogP contribution in [0.15, 0.2) is 59.8 Å². The molecule has 0 aliphatic carbocycles. The molecule has 140 valence electrons. The molecule has 0 N–H and O–H groups in total. The Morgan fingerprint density at radius 3 is 2.48 bits per heavy atom. The molecule has 0 fully saturated rings. The summed E-state index contributed by atoms with van der Waals surface area (Å²) in [6, 6.07) is 17.1. The van der Waals surface area contributed by atoms with E-state index in [9.17, 15) is 10.1 Å². The fraction of sp³-hybridized carbons (Fsp3) is 0.263. The van der Waals surface area contributed by atoms with E-state index in [1.54, 1.807) is 0 Å². The second kappa shape index (κ2) is 8.68. The van der Waals surface area contributed by atoms with Crippen LogP contribution < -0.4 is 4.74 Å². The molecule has 1 heterocycles. The number of aryl methyl sites for hydroxylation is 1. The first-order chi connectivity index (χ1) is 13.1. The molecule has 0 amide bonds. The highest BCUT2D eigenvalue weighted by atomic mass is 32.2. The van der Waals surface area contributed by atoms with Crippen LogP contribution in [0.2, 0.25) is 0 Å². The van der Waals surface area contributed by atoms with Gasteiger partial charge in [-0.2, -0.15) is 0 Å². The van der Waals surface area contributed by atoms with Crippen LogP contribution in [-0.2, 0) is 0 Å². The minimum absolute atomic E-state index is 0.191. The van der Waals surface area contributed by atoms with Crippen molar-refractivity contribution in [3.63, 3.8) is 0 Å². The number of nitrogens with zero attached hydrogens (tertiary/aromatic N) is 4.